The van der Waals surface area contributed by atoms with E-state index >= 15 is 0 Å². The lowest BCUT2D eigenvalue weighted by atomic mass is 10.1. The number of carbonyl (C=O) groups is 1. The van der Waals surface area contributed by atoms with Crippen LogP contribution in [0.4, 0.5) is 21.6 Å². The van der Waals surface area contributed by atoms with Gasteiger partial charge in [0.05, 0.1) is 30.2 Å². The van der Waals surface area contributed by atoms with Crippen LogP contribution in [0.15, 0.2) is 54.6 Å². The third-order valence-electron chi connectivity index (χ3n) is 5.15. The van der Waals surface area contributed by atoms with Crippen molar-refractivity contribution in [3.8, 4) is 17.0 Å². The van der Waals surface area contributed by atoms with Gasteiger partial charge in [-0.3, -0.25) is 4.79 Å². The minimum Gasteiger partial charge on any atom is -0.490 e. The minimum atomic E-state index is -0.640. The number of aromatic nitrogens is 1. The van der Waals surface area contributed by atoms with Crippen molar-refractivity contribution in [2.24, 2.45) is 5.84 Å². The second-order valence-corrected chi connectivity index (χ2v) is 7.38. The lowest BCUT2D eigenvalue weighted by Crippen LogP contribution is -2.25. The molecular weight excluding hydrogens is 413 g/mol. The molecule has 0 bridgehead atoms. The summed E-state index contributed by atoms with van der Waals surface area (Å²) in [6, 6.07) is 14.5. The number of hydrazine groups is 1. The monoisotopic (exact) mass is 437 g/mol. The fourth-order valence-electron chi connectivity index (χ4n) is 3.41. The van der Waals surface area contributed by atoms with Crippen LogP contribution >= 0.6 is 0 Å². The fourth-order valence-corrected chi connectivity index (χ4v) is 3.41. The molecule has 2 heterocycles. The molecule has 0 spiro atoms. The van der Waals surface area contributed by atoms with Crippen molar-refractivity contribution in [2.45, 2.75) is 18.9 Å². The van der Waals surface area contributed by atoms with Gasteiger partial charge in [-0.15, -0.1) is 0 Å². The number of nitrogens with two attached hydrogens (primary N) is 2. The number of pyridine rings is 1. The molecular formula is C23H24FN5O3. The highest BCUT2D eigenvalue weighted by atomic mass is 19.1. The van der Waals surface area contributed by atoms with Crippen LogP contribution in [0.25, 0.3) is 11.3 Å². The average molecular weight is 437 g/mol. The van der Waals surface area contributed by atoms with Gasteiger partial charge in [0.2, 0.25) is 0 Å². The van der Waals surface area contributed by atoms with Gasteiger partial charge in [-0.25, -0.2) is 15.2 Å². The van der Waals surface area contributed by atoms with Gasteiger partial charge in [0.15, 0.2) is 5.82 Å². The number of hydrogen-bond donors (Lipinski definition) is 4. The summed E-state index contributed by atoms with van der Waals surface area (Å²) < 4.78 is 25.7. The highest BCUT2D eigenvalue weighted by Gasteiger charge is 2.17. The molecule has 9 heteroatoms. The van der Waals surface area contributed by atoms with Crippen LogP contribution in [0.5, 0.6) is 5.75 Å². The van der Waals surface area contributed by atoms with Crippen LogP contribution in [-0.4, -0.2) is 30.2 Å². The smallest absolute Gasteiger partial charge is 0.258 e. The standard InChI is InChI=1S/C23H24FN5O3/c24-19-6-1-14(21-8-7-20(25)22(28-21)29-26)13-18(19)23(30)27-15-2-4-16(5-3-15)32-17-9-11-31-12-10-17/h1-8,13,17H,9-12,25-26H2,(H,27,30)(H,28,29). The molecule has 32 heavy (non-hydrogen) atoms. The van der Waals surface area contributed by atoms with Crippen LogP contribution in [0.3, 0.4) is 0 Å². The lowest BCUT2D eigenvalue weighted by Gasteiger charge is -2.23. The molecule has 1 aromatic heterocycles. The highest BCUT2D eigenvalue weighted by molar-refractivity contribution is 6.05. The van der Waals surface area contributed by atoms with E-state index in [1.807, 2.05) is 0 Å². The molecule has 0 atom stereocenters. The van der Waals surface area contributed by atoms with Gasteiger partial charge < -0.3 is 25.9 Å². The summed E-state index contributed by atoms with van der Waals surface area (Å²) in [5, 5.41) is 2.71. The fraction of sp³-hybridized carbons (Fsp3) is 0.217. The molecule has 8 nitrogen and oxygen atoms in total. The summed E-state index contributed by atoms with van der Waals surface area (Å²) in [6.07, 6.45) is 1.82. The van der Waals surface area contributed by atoms with E-state index in [0.717, 1.165) is 12.8 Å². The quantitative estimate of drug-likeness (QED) is 0.343. The van der Waals surface area contributed by atoms with Crippen molar-refractivity contribution in [1.82, 2.24) is 4.98 Å². The molecule has 3 aromatic rings. The molecule has 1 fully saturated rings. The van der Waals surface area contributed by atoms with Gasteiger partial charge in [-0.1, -0.05) is 0 Å². The van der Waals surface area contributed by atoms with E-state index in [2.05, 4.69) is 15.7 Å². The summed E-state index contributed by atoms with van der Waals surface area (Å²) >= 11 is 0. The number of amides is 1. The Kier molecular flexibility index (Phi) is 6.48. The van der Waals surface area contributed by atoms with Gasteiger partial charge in [-0.05, 0) is 54.6 Å². The number of hydrogen-bond acceptors (Lipinski definition) is 7. The predicted molar refractivity (Wildman–Crippen MR) is 121 cm³/mol. The van der Waals surface area contributed by atoms with E-state index in [1.54, 1.807) is 36.4 Å². The summed E-state index contributed by atoms with van der Waals surface area (Å²) in [5.41, 5.74) is 10.0. The number of anilines is 3. The number of nitrogens with zero attached hydrogens (tertiary/aromatic N) is 1. The number of nitrogens with one attached hydrogen (secondary N) is 2. The normalized spacial score (nSPS) is 14.1. The first-order valence-corrected chi connectivity index (χ1v) is 10.2. The Morgan fingerprint density at radius 1 is 1.09 bits per heavy atom. The SMILES string of the molecule is NNc1nc(-c2ccc(F)c(C(=O)Nc3ccc(OC4CCOCC4)cc3)c2)ccc1N. The average Bonchev–Trinajstić information content (AvgIpc) is 2.81. The second kappa shape index (κ2) is 9.63. The first kappa shape index (κ1) is 21.5. The second-order valence-electron chi connectivity index (χ2n) is 7.38. The van der Waals surface area contributed by atoms with E-state index in [9.17, 15) is 9.18 Å². The maximum absolute atomic E-state index is 14.4. The van der Waals surface area contributed by atoms with Crippen LogP contribution in [-0.2, 0) is 4.74 Å². The zero-order valence-corrected chi connectivity index (χ0v) is 17.3. The molecule has 0 saturated carbocycles. The van der Waals surface area contributed by atoms with Crippen molar-refractivity contribution >= 4 is 23.1 Å². The van der Waals surface area contributed by atoms with Crippen molar-refractivity contribution < 1.29 is 18.7 Å². The maximum Gasteiger partial charge on any atom is 0.258 e. The van der Waals surface area contributed by atoms with Crippen molar-refractivity contribution in [2.75, 3.05) is 29.7 Å². The van der Waals surface area contributed by atoms with E-state index in [1.165, 1.54) is 18.2 Å². The molecule has 4 rings (SSSR count). The molecule has 2 aromatic carbocycles. The number of ether oxygens (including phenoxy) is 2. The maximum atomic E-state index is 14.4. The van der Waals surface area contributed by atoms with Crippen LogP contribution < -0.4 is 27.1 Å². The van der Waals surface area contributed by atoms with Gasteiger partial charge >= 0.3 is 0 Å². The van der Waals surface area contributed by atoms with Crippen molar-refractivity contribution in [3.63, 3.8) is 0 Å². The highest BCUT2D eigenvalue weighted by Crippen LogP contribution is 2.26. The Labute approximate surface area is 184 Å². The summed E-state index contributed by atoms with van der Waals surface area (Å²) in [4.78, 5) is 17.0. The zero-order chi connectivity index (χ0) is 22.5. The first-order chi connectivity index (χ1) is 15.5. The Morgan fingerprint density at radius 2 is 1.84 bits per heavy atom. The zero-order valence-electron chi connectivity index (χ0n) is 17.3. The molecule has 1 amide bonds. The van der Waals surface area contributed by atoms with Crippen molar-refractivity contribution in [1.29, 1.82) is 0 Å². The van der Waals surface area contributed by atoms with E-state index in [0.29, 0.717) is 47.4 Å². The number of carbonyl (C=O) groups excluding carboxylic acids is 1. The van der Waals surface area contributed by atoms with Crippen LogP contribution in [0.1, 0.15) is 23.2 Å². The lowest BCUT2D eigenvalue weighted by molar-refractivity contribution is 0.0256. The largest absolute Gasteiger partial charge is 0.490 e. The number of benzene rings is 2. The Balaban J connectivity index is 1.47. The van der Waals surface area contributed by atoms with Gasteiger partial charge in [-0.2, -0.15) is 0 Å². The number of rotatable bonds is 6. The number of nitrogen functional groups attached to an aromatic ring is 2. The Bertz CT molecular complexity index is 1100. The Hall–Kier alpha value is -3.69. The Morgan fingerprint density at radius 3 is 2.56 bits per heavy atom. The van der Waals surface area contributed by atoms with E-state index in [-0.39, 0.29) is 11.7 Å². The van der Waals surface area contributed by atoms with Crippen molar-refractivity contribution in [3.05, 3.63) is 66.0 Å². The van der Waals surface area contributed by atoms with Gasteiger partial charge in [0.25, 0.3) is 5.91 Å². The molecule has 0 unspecified atom stereocenters. The van der Waals surface area contributed by atoms with E-state index < -0.39 is 11.7 Å². The molecule has 166 valence electrons. The third-order valence-corrected chi connectivity index (χ3v) is 5.15. The summed E-state index contributed by atoms with van der Waals surface area (Å²) in [6.45, 7) is 1.39. The van der Waals surface area contributed by atoms with Crippen LogP contribution in [0, 0.1) is 5.82 Å². The van der Waals surface area contributed by atoms with Gasteiger partial charge in [0.1, 0.15) is 17.7 Å². The first-order valence-electron chi connectivity index (χ1n) is 10.2. The summed E-state index contributed by atoms with van der Waals surface area (Å²) in [5.74, 6) is 5.21. The molecule has 0 radical (unpaired) electrons. The molecule has 1 saturated heterocycles. The van der Waals surface area contributed by atoms with E-state index in [4.69, 9.17) is 21.1 Å². The third kappa shape index (κ3) is 4.96. The van der Waals surface area contributed by atoms with Gasteiger partial charge in [0, 0.05) is 24.1 Å². The molecule has 0 aliphatic carbocycles. The summed E-state index contributed by atoms with van der Waals surface area (Å²) in [7, 11) is 0. The molecule has 1 aliphatic rings. The molecule has 1 aliphatic heterocycles. The molecule has 6 N–H and O–H groups in total. The predicted octanol–water partition coefficient (Wildman–Crippen LogP) is 3.57. The minimum absolute atomic E-state index is 0.106. The van der Waals surface area contributed by atoms with Crippen LogP contribution in [0.2, 0.25) is 0 Å². The number of halogens is 1. The topological polar surface area (TPSA) is 125 Å².